The van der Waals surface area contributed by atoms with E-state index in [0.717, 1.165) is 38.0 Å². The molecule has 25 heavy (non-hydrogen) atoms. The molecular formula is C20H24N4O. The molecule has 1 fully saturated rings. The largest absolute Gasteiger partial charge is 0.361 e. The minimum atomic E-state index is 0.278. The summed E-state index contributed by atoms with van der Waals surface area (Å²) in [5, 5.41) is 1.23. The third kappa shape index (κ3) is 3.60. The molecule has 3 heterocycles. The Morgan fingerprint density at radius 1 is 1.32 bits per heavy atom. The molecule has 0 spiro atoms. The van der Waals surface area contributed by atoms with E-state index in [4.69, 9.17) is 0 Å². The van der Waals surface area contributed by atoms with E-state index in [-0.39, 0.29) is 5.91 Å². The number of aryl methyl sites for hydroxylation is 1. The zero-order valence-corrected chi connectivity index (χ0v) is 14.4. The maximum Gasteiger partial charge on any atom is 0.222 e. The van der Waals surface area contributed by atoms with E-state index in [0.29, 0.717) is 12.3 Å². The molecule has 5 nitrogen and oxygen atoms in total. The predicted octanol–water partition coefficient (Wildman–Crippen LogP) is 3.24. The van der Waals surface area contributed by atoms with Gasteiger partial charge in [-0.2, -0.15) is 0 Å². The molecule has 1 aliphatic rings. The van der Waals surface area contributed by atoms with Crippen LogP contribution in [-0.4, -0.2) is 38.4 Å². The standard InChI is InChI=1S/C20H24N4O/c25-20(8-7-17-12-22-19-6-2-1-5-18(17)19)24-10-3-4-16(14-24)13-23-11-9-21-15-23/h1-2,5-6,9,11-12,15-16,22H,3-4,7-8,10,13-14H2/t16-/m0/s1. The minimum absolute atomic E-state index is 0.278. The van der Waals surface area contributed by atoms with Crippen LogP contribution in [0.5, 0.6) is 0 Å². The van der Waals surface area contributed by atoms with Crippen molar-refractivity contribution in [2.24, 2.45) is 5.92 Å². The minimum Gasteiger partial charge on any atom is -0.361 e. The molecule has 1 N–H and O–H groups in total. The van der Waals surface area contributed by atoms with Gasteiger partial charge in [-0.3, -0.25) is 4.79 Å². The van der Waals surface area contributed by atoms with Crippen LogP contribution in [0, 0.1) is 5.92 Å². The van der Waals surface area contributed by atoms with Crippen molar-refractivity contribution in [2.45, 2.75) is 32.2 Å². The average molecular weight is 336 g/mol. The first-order valence-corrected chi connectivity index (χ1v) is 9.08. The molecule has 0 unspecified atom stereocenters. The Balaban J connectivity index is 1.34. The van der Waals surface area contributed by atoms with Crippen molar-refractivity contribution < 1.29 is 4.79 Å². The second-order valence-corrected chi connectivity index (χ2v) is 6.97. The van der Waals surface area contributed by atoms with Gasteiger partial charge in [-0.05, 0) is 36.8 Å². The van der Waals surface area contributed by atoms with Crippen LogP contribution in [-0.2, 0) is 17.8 Å². The van der Waals surface area contributed by atoms with E-state index in [9.17, 15) is 4.79 Å². The van der Waals surface area contributed by atoms with Gasteiger partial charge < -0.3 is 14.5 Å². The van der Waals surface area contributed by atoms with Gasteiger partial charge in [-0.1, -0.05) is 18.2 Å². The number of carbonyl (C=O) groups is 1. The third-order valence-electron chi connectivity index (χ3n) is 5.18. The van der Waals surface area contributed by atoms with Gasteiger partial charge in [0.25, 0.3) is 0 Å². The van der Waals surface area contributed by atoms with Gasteiger partial charge >= 0.3 is 0 Å². The van der Waals surface area contributed by atoms with Crippen LogP contribution >= 0.6 is 0 Å². The first-order valence-electron chi connectivity index (χ1n) is 9.08. The summed E-state index contributed by atoms with van der Waals surface area (Å²) in [6.07, 6.45) is 11.4. The van der Waals surface area contributed by atoms with Gasteiger partial charge in [-0.25, -0.2) is 4.98 Å². The van der Waals surface area contributed by atoms with Crippen LogP contribution in [0.3, 0.4) is 0 Å². The number of rotatable bonds is 5. The zero-order valence-electron chi connectivity index (χ0n) is 14.4. The quantitative estimate of drug-likeness (QED) is 0.778. The van der Waals surface area contributed by atoms with Crippen LogP contribution in [0.25, 0.3) is 10.9 Å². The van der Waals surface area contributed by atoms with Gasteiger partial charge in [0.05, 0.1) is 6.33 Å². The first-order chi connectivity index (χ1) is 12.3. The van der Waals surface area contributed by atoms with Crippen molar-refractivity contribution >= 4 is 16.8 Å². The maximum atomic E-state index is 12.7. The monoisotopic (exact) mass is 336 g/mol. The lowest BCUT2D eigenvalue weighted by atomic mass is 9.97. The number of para-hydroxylation sites is 1. The molecule has 0 aliphatic carbocycles. The summed E-state index contributed by atoms with van der Waals surface area (Å²) in [7, 11) is 0. The third-order valence-corrected chi connectivity index (χ3v) is 5.18. The summed E-state index contributed by atoms with van der Waals surface area (Å²) in [6.45, 7) is 2.71. The fourth-order valence-electron chi connectivity index (χ4n) is 3.87. The predicted molar refractivity (Wildman–Crippen MR) is 98.2 cm³/mol. The fourth-order valence-corrected chi connectivity index (χ4v) is 3.87. The summed E-state index contributed by atoms with van der Waals surface area (Å²) >= 11 is 0. The highest BCUT2D eigenvalue weighted by Gasteiger charge is 2.23. The van der Waals surface area contributed by atoms with Crippen molar-refractivity contribution in [1.82, 2.24) is 19.4 Å². The summed E-state index contributed by atoms with van der Waals surface area (Å²) < 4.78 is 2.12. The highest BCUT2D eigenvalue weighted by Crippen LogP contribution is 2.22. The van der Waals surface area contributed by atoms with Crippen LogP contribution in [0.1, 0.15) is 24.8 Å². The number of imidazole rings is 1. The Kier molecular flexibility index (Phi) is 4.55. The Labute approximate surface area is 147 Å². The fraction of sp³-hybridized carbons (Fsp3) is 0.400. The van der Waals surface area contributed by atoms with E-state index in [1.165, 1.54) is 17.4 Å². The van der Waals surface area contributed by atoms with Gasteiger partial charge in [0, 0.05) is 55.5 Å². The highest BCUT2D eigenvalue weighted by molar-refractivity contribution is 5.84. The summed E-state index contributed by atoms with van der Waals surface area (Å²) in [6, 6.07) is 8.27. The molecule has 0 bridgehead atoms. The summed E-state index contributed by atoms with van der Waals surface area (Å²) in [5.74, 6) is 0.806. The lowest BCUT2D eigenvalue weighted by Crippen LogP contribution is -2.41. The number of aromatic amines is 1. The Morgan fingerprint density at radius 2 is 2.24 bits per heavy atom. The molecule has 2 aromatic heterocycles. The molecule has 0 saturated carbocycles. The van der Waals surface area contributed by atoms with Crippen molar-refractivity contribution in [3.8, 4) is 0 Å². The number of aromatic nitrogens is 3. The van der Waals surface area contributed by atoms with E-state index in [1.54, 1.807) is 0 Å². The lowest BCUT2D eigenvalue weighted by molar-refractivity contribution is -0.133. The number of fused-ring (bicyclic) bond motifs is 1. The second-order valence-electron chi connectivity index (χ2n) is 6.97. The lowest BCUT2D eigenvalue weighted by Gasteiger charge is -2.33. The molecule has 4 rings (SSSR count). The molecule has 0 radical (unpaired) electrons. The van der Waals surface area contributed by atoms with Gasteiger partial charge in [0.1, 0.15) is 0 Å². The van der Waals surface area contributed by atoms with E-state index >= 15 is 0 Å². The summed E-state index contributed by atoms with van der Waals surface area (Å²) in [4.78, 5) is 22.1. The van der Waals surface area contributed by atoms with Crippen LogP contribution in [0.2, 0.25) is 0 Å². The first kappa shape index (κ1) is 15.9. The van der Waals surface area contributed by atoms with Crippen molar-refractivity contribution in [3.05, 3.63) is 54.7 Å². The number of nitrogens with one attached hydrogen (secondary N) is 1. The Morgan fingerprint density at radius 3 is 3.12 bits per heavy atom. The number of hydrogen-bond donors (Lipinski definition) is 1. The number of nitrogens with zero attached hydrogens (tertiary/aromatic N) is 3. The molecule has 1 saturated heterocycles. The average Bonchev–Trinajstić information content (AvgIpc) is 3.30. The number of likely N-dealkylation sites (tertiary alicyclic amines) is 1. The number of piperidine rings is 1. The molecule has 3 aromatic rings. The number of amides is 1. The molecule has 1 atom stereocenters. The number of carbonyl (C=O) groups excluding carboxylic acids is 1. The van der Waals surface area contributed by atoms with Gasteiger partial charge in [-0.15, -0.1) is 0 Å². The smallest absolute Gasteiger partial charge is 0.222 e. The van der Waals surface area contributed by atoms with Gasteiger partial charge in [0.15, 0.2) is 0 Å². The van der Waals surface area contributed by atoms with E-state index in [1.807, 2.05) is 37.1 Å². The van der Waals surface area contributed by atoms with E-state index < -0.39 is 0 Å². The normalized spacial score (nSPS) is 17.9. The molecular weight excluding hydrogens is 312 g/mol. The van der Waals surface area contributed by atoms with Gasteiger partial charge in [0.2, 0.25) is 5.91 Å². The number of hydrogen-bond acceptors (Lipinski definition) is 2. The van der Waals surface area contributed by atoms with Crippen LogP contribution in [0.15, 0.2) is 49.2 Å². The summed E-state index contributed by atoms with van der Waals surface area (Å²) in [5.41, 5.74) is 2.37. The molecule has 5 heteroatoms. The highest BCUT2D eigenvalue weighted by atomic mass is 16.2. The van der Waals surface area contributed by atoms with Crippen molar-refractivity contribution in [1.29, 1.82) is 0 Å². The topological polar surface area (TPSA) is 53.9 Å². The molecule has 130 valence electrons. The molecule has 1 amide bonds. The van der Waals surface area contributed by atoms with Crippen molar-refractivity contribution in [3.63, 3.8) is 0 Å². The zero-order chi connectivity index (χ0) is 17.1. The Bertz CT molecular complexity index is 836. The number of H-pyrrole nitrogens is 1. The maximum absolute atomic E-state index is 12.7. The molecule has 1 aromatic carbocycles. The van der Waals surface area contributed by atoms with E-state index in [2.05, 4.69) is 31.6 Å². The van der Waals surface area contributed by atoms with Crippen LogP contribution < -0.4 is 0 Å². The SMILES string of the molecule is O=C(CCc1c[nH]c2ccccc12)N1CCC[C@@H](Cn2ccnc2)C1. The number of benzene rings is 1. The van der Waals surface area contributed by atoms with Crippen molar-refractivity contribution in [2.75, 3.05) is 13.1 Å². The van der Waals surface area contributed by atoms with Crippen LogP contribution in [0.4, 0.5) is 0 Å². The Hall–Kier alpha value is -2.56. The molecule has 1 aliphatic heterocycles. The second kappa shape index (κ2) is 7.13.